The number of ketones is 2. The van der Waals surface area contributed by atoms with Gasteiger partial charge in [-0.1, -0.05) is 40.5 Å². The van der Waals surface area contributed by atoms with E-state index < -0.39 is 11.9 Å². The molecule has 0 N–H and O–H groups in total. The number of esters is 2. The highest BCUT2D eigenvalue weighted by Crippen LogP contribution is 1.93. The van der Waals surface area contributed by atoms with Crippen LogP contribution in [0.1, 0.15) is 80.1 Å². The van der Waals surface area contributed by atoms with Crippen molar-refractivity contribution in [2.75, 3.05) is 13.2 Å². The fourth-order valence-electron chi connectivity index (χ4n) is 1.17. The average Bonchev–Trinajstić information content (AvgIpc) is 2.49. The van der Waals surface area contributed by atoms with Crippen molar-refractivity contribution < 1.29 is 28.7 Å². The van der Waals surface area contributed by atoms with Gasteiger partial charge in [-0.05, 0) is 26.7 Å². The van der Waals surface area contributed by atoms with E-state index >= 15 is 0 Å². The number of Topliss-reactive ketones (excluding diaryl/α,β-unsaturated/α-hetero) is 2. The molecule has 0 amide bonds. The summed E-state index contributed by atoms with van der Waals surface area (Å²) in [5.41, 5.74) is 0. The summed E-state index contributed by atoms with van der Waals surface area (Å²) in [6.45, 7) is 11.6. The number of carbonyl (C=O) groups is 4. The molecule has 6 heteroatoms. The first kappa shape index (κ1) is 27.1. The minimum atomic E-state index is -0.411. The van der Waals surface area contributed by atoms with Crippen LogP contribution in [0.2, 0.25) is 0 Å². The van der Waals surface area contributed by atoms with E-state index in [0.717, 1.165) is 25.7 Å². The van der Waals surface area contributed by atoms with Crippen molar-refractivity contribution >= 4 is 23.5 Å². The molecule has 0 aliphatic rings. The molecule has 0 saturated heterocycles. The summed E-state index contributed by atoms with van der Waals surface area (Å²) in [7, 11) is 0. The van der Waals surface area contributed by atoms with Gasteiger partial charge in [-0.25, -0.2) is 0 Å². The number of unbranched alkanes of at least 4 members (excludes halogenated alkanes) is 2. The fraction of sp³-hybridized carbons (Fsp3) is 0.778. The molecule has 0 fully saturated rings. The first-order valence-electron chi connectivity index (χ1n) is 8.63. The Bertz CT molecular complexity index is 315. The van der Waals surface area contributed by atoms with Gasteiger partial charge in [0, 0.05) is 0 Å². The Balaban J connectivity index is -0.000000333. The van der Waals surface area contributed by atoms with Crippen LogP contribution in [0.5, 0.6) is 0 Å². The van der Waals surface area contributed by atoms with Crippen LogP contribution in [0.15, 0.2) is 0 Å². The molecule has 0 aromatic rings. The Hall–Kier alpha value is -1.72. The third-order valence-corrected chi connectivity index (χ3v) is 2.31. The SMILES string of the molecule is CC.CCCCOC(=O)CC(C)=O.CCCCOC(=O)CC(C)=O. The minimum absolute atomic E-state index is 0.0935. The van der Waals surface area contributed by atoms with Gasteiger partial charge in [0.2, 0.25) is 0 Å². The van der Waals surface area contributed by atoms with Gasteiger partial charge in [-0.15, -0.1) is 0 Å². The van der Waals surface area contributed by atoms with Crippen LogP contribution in [0.25, 0.3) is 0 Å². The molecule has 24 heavy (non-hydrogen) atoms. The second-order valence-corrected chi connectivity index (χ2v) is 4.91. The summed E-state index contributed by atoms with van der Waals surface area (Å²) in [5, 5.41) is 0. The Morgan fingerprint density at radius 1 is 0.667 bits per heavy atom. The van der Waals surface area contributed by atoms with Gasteiger partial charge < -0.3 is 9.47 Å². The lowest BCUT2D eigenvalue weighted by Crippen LogP contribution is -2.09. The normalized spacial score (nSPS) is 8.75. The predicted molar refractivity (Wildman–Crippen MR) is 93.7 cm³/mol. The first-order chi connectivity index (χ1) is 11.3. The standard InChI is InChI=1S/2C8H14O3.C2H6/c2*1-3-4-5-11-8(10)6-7(2)9;1-2/h2*3-6H2,1-2H3;1-2H3. The molecule has 0 radical (unpaired) electrons. The maximum absolute atomic E-state index is 10.7. The van der Waals surface area contributed by atoms with Crippen LogP contribution in [0.4, 0.5) is 0 Å². The third kappa shape index (κ3) is 28.4. The lowest BCUT2D eigenvalue weighted by atomic mass is 10.3. The van der Waals surface area contributed by atoms with E-state index in [9.17, 15) is 19.2 Å². The molecule has 0 unspecified atom stereocenters. The summed E-state index contributed by atoms with van der Waals surface area (Å²) >= 11 is 0. The second-order valence-electron chi connectivity index (χ2n) is 4.91. The zero-order valence-corrected chi connectivity index (χ0v) is 16.1. The van der Waals surface area contributed by atoms with Gasteiger partial charge in [-0.3, -0.25) is 19.2 Å². The van der Waals surface area contributed by atoms with E-state index in [0.29, 0.717) is 13.2 Å². The molecule has 0 atom stereocenters. The molecule has 0 bridgehead atoms. The molecular weight excluding hydrogens is 312 g/mol. The van der Waals surface area contributed by atoms with Crippen molar-refractivity contribution in [1.82, 2.24) is 0 Å². The molecule has 0 heterocycles. The molecule has 0 aliphatic carbocycles. The van der Waals surface area contributed by atoms with Gasteiger partial charge in [-0.2, -0.15) is 0 Å². The molecule has 0 spiro atoms. The Labute approximate surface area is 146 Å². The number of ether oxygens (including phenoxy) is 2. The summed E-state index contributed by atoms with van der Waals surface area (Å²) in [5.74, 6) is -1.12. The van der Waals surface area contributed by atoms with Crippen LogP contribution < -0.4 is 0 Å². The maximum atomic E-state index is 10.7. The molecule has 0 aromatic heterocycles. The highest BCUT2D eigenvalue weighted by atomic mass is 16.5. The van der Waals surface area contributed by atoms with Gasteiger partial charge in [0.05, 0.1) is 13.2 Å². The van der Waals surface area contributed by atoms with Gasteiger partial charge in [0.15, 0.2) is 0 Å². The maximum Gasteiger partial charge on any atom is 0.313 e. The van der Waals surface area contributed by atoms with Gasteiger partial charge >= 0.3 is 11.9 Å². The number of rotatable bonds is 10. The lowest BCUT2D eigenvalue weighted by molar-refractivity contribution is -0.147. The number of hydrogen-bond acceptors (Lipinski definition) is 6. The molecule has 142 valence electrons. The topological polar surface area (TPSA) is 86.7 Å². The molecular formula is C18H34O6. The van der Waals surface area contributed by atoms with Crippen LogP contribution >= 0.6 is 0 Å². The average molecular weight is 346 g/mol. The first-order valence-corrected chi connectivity index (χ1v) is 8.63. The van der Waals surface area contributed by atoms with Crippen molar-refractivity contribution in [3.05, 3.63) is 0 Å². The molecule has 6 nitrogen and oxygen atoms in total. The lowest BCUT2D eigenvalue weighted by Gasteiger charge is -2.00. The number of hydrogen-bond donors (Lipinski definition) is 0. The van der Waals surface area contributed by atoms with Crippen molar-refractivity contribution in [3.8, 4) is 0 Å². The highest BCUT2D eigenvalue weighted by molar-refractivity contribution is 5.94. The Morgan fingerprint density at radius 2 is 0.958 bits per heavy atom. The van der Waals surface area contributed by atoms with Gasteiger partial charge in [0.1, 0.15) is 24.4 Å². The van der Waals surface area contributed by atoms with Gasteiger partial charge in [0.25, 0.3) is 0 Å². The van der Waals surface area contributed by atoms with Crippen molar-refractivity contribution in [1.29, 1.82) is 0 Å². The largest absolute Gasteiger partial charge is 0.465 e. The van der Waals surface area contributed by atoms with E-state index in [1.807, 2.05) is 27.7 Å². The third-order valence-electron chi connectivity index (χ3n) is 2.31. The summed E-state index contributed by atoms with van der Waals surface area (Å²) < 4.78 is 9.47. The summed E-state index contributed by atoms with van der Waals surface area (Å²) in [6.07, 6.45) is 3.53. The quantitative estimate of drug-likeness (QED) is 0.341. The smallest absolute Gasteiger partial charge is 0.313 e. The van der Waals surface area contributed by atoms with Crippen LogP contribution in [0, 0.1) is 0 Å². The zero-order valence-electron chi connectivity index (χ0n) is 16.1. The summed E-state index contributed by atoms with van der Waals surface area (Å²) in [4.78, 5) is 42.1. The molecule has 0 aromatic carbocycles. The fourth-order valence-corrected chi connectivity index (χ4v) is 1.17. The zero-order chi connectivity index (χ0) is 19.4. The van der Waals surface area contributed by atoms with Crippen LogP contribution in [0.3, 0.4) is 0 Å². The molecule has 0 aliphatic heterocycles. The monoisotopic (exact) mass is 346 g/mol. The van der Waals surface area contributed by atoms with E-state index in [2.05, 4.69) is 0 Å². The van der Waals surface area contributed by atoms with E-state index in [4.69, 9.17) is 9.47 Å². The number of carbonyl (C=O) groups excluding carboxylic acids is 4. The summed E-state index contributed by atoms with van der Waals surface area (Å²) in [6, 6.07) is 0. The van der Waals surface area contributed by atoms with Crippen molar-refractivity contribution in [3.63, 3.8) is 0 Å². The predicted octanol–water partition coefficient (Wildman–Crippen LogP) is 3.64. The van der Waals surface area contributed by atoms with Crippen LogP contribution in [-0.4, -0.2) is 36.7 Å². The van der Waals surface area contributed by atoms with E-state index in [1.54, 1.807) is 0 Å². The van der Waals surface area contributed by atoms with Crippen molar-refractivity contribution in [2.24, 2.45) is 0 Å². The van der Waals surface area contributed by atoms with Crippen molar-refractivity contribution in [2.45, 2.75) is 80.1 Å². The molecule has 0 saturated carbocycles. The minimum Gasteiger partial charge on any atom is -0.465 e. The van der Waals surface area contributed by atoms with E-state index in [1.165, 1.54) is 13.8 Å². The Kier molecular flexibility index (Phi) is 24.1. The highest BCUT2D eigenvalue weighted by Gasteiger charge is 2.05. The molecule has 0 rings (SSSR count). The van der Waals surface area contributed by atoms with Crippen LogP contribution in [-0.2, 0) is 28.7 Å². The Morgan fingerprint density at radius 3 is 1.17 bits per heavy atom. The second kappa shape index (κ2) is 21.3. The van der Waals surface area contributed by atoms with E-state index in [-0.39, 0.29) is 24.4 Å².